The van der Waals surface area contributed by atoms with Crippen LogP contribution in [0.2, 0.25) is 0 Å². The molecule has 0 bridgehead atoms. The summed E-state index contributed by atoms with van der Waals surface area (Å²) in [5.74, 6) is 2.48. The van der Waals surface area contributed by atoms with Crippen LogP contribution < -0.4 is 0 Å². The second-order valence-electron chi connectivity index (χ2n) is 5.96. The highest BCUT2D eigenvalue weighted by molar-refractivity contribution is 7.99. The average Bonchev–Trinajstić information content (AvgIpc) is 2.38. The lowest BCUT2D eigenvalue weighted by atomic mass is 9.80. The lowest BCUT2D eigenvalue weighted by molar-refractivity contribution is -0.138. The van der Waals surface area contributed by atoms with E-state index in [4.69, 9.17) is 5.11 Å². The van der Waals surface area contributed by atoms with E-state index in [9.17, 15) is 4.79 Å². The molecule has 1 aliphatic heterocycles. The Kier molecular flexibility index (Phi) is 4.56. The minimum absolute atomic E-state index is 0.173. The smallest absolute Gasteiger partial charge is 0.304 e. The molecule has 2 rings (SSSR count). The summed E-state index contributed by atoms with van der Waals surface area (Å²) in [6, 6.07) is 8.61. The van der Waals surface area contributed by atoms with E-state index in [0.29, 0.717) is 5.92 Å². The maximum Gasteiger partial charge on any atom is 0.304 e. The first-order chi connectivity index (χ1) is 8.99. The third kappa shape index (κ3) is 3.75. The number of thioether (sulfide) groups is 1. The summed E-state index contributed by atoms with van der Waals surface area (Å²) in [4.78, 5) is 10.9. The quantitative estimate of drug-likeness (QED) is 0.902. The molecule has 1 heterocycles. The Morgan fingerprint density at radius 3 is 2.37 bits per heavy atom. The van der Waals surface area contributed by atoms with Crippen molar-refractivity contribution in [3.63, 3.8) is 0 Å². The minimum atomic E-state index is -0.738. The average molecular weight is 278 g/mol. The van der Waals surface area contributed by atoms with Crippen LogP contribution in [0.1, 0.15) is 50.2 Å². The molecule has 0 aliphatic carbocycles. The Morgan fingerprint density at radius 2 is 1.84 bits per heavy atom. The van der Waals surface area contributed by atoms with Crippen LogP contribution in [0, 0.1) is 0 Å². The monoisotopic (exact) mass is 278 g/mol. The van der Waals surface area contributed by atoms with Gasteiger partial charge in [-0.05, 0) is 41.4 Å². The van der Waals surface area contributed by atoms with Crippen molar-refractivity contribution in [2.75, 3.05) is 11.5 Å². The van der Waals surface area contributed by atoms with Crippen molar-refractivity contribution in [3.05, 3.63) is 35.4 Å². The van der Waals surface area contributed by atoms with E-state index in [-0.39, 0.29) is 11.8 Å². The van der Waals surface area contributed by atoms with Gasteiger partial charge in [0.25, 0.3) is 0 Å². The van der Waals surface area contributed by atoms with E-state index in [2.05, 4.69) is 24.3 Å². The van der Waals surface area contributed by atoms with E-state index in [1.54, 1.807) is 0 Å². The number of carboxylic acids is 1. The number of carbonyl (C=O) groups is 1. The van der Waals surface area contributed by atoms with Crippen LogP contribution in [0.4, 0.5) is 0 Å². The number of hydrogen-bond acceptors (Lipinski definition) is 2. The van der Waals surface area contributed by atoms with Crippen LogP contribution in [0.15, 0.2) is 24.3 Å². The molecule has 0 amide bonds. The molecule has 3 heteroatoms. The number of rotatable bonds is 4. The van der Waals surface area contributed by atoms with Gasteiger partial charge >= 0.3 is 5.97 Å². The fourth-order valence-corrected chi connectivity index (χ4v) is 3.82. The van der Waals surface area contributed by atoms with E-state index >= 15 is 0 Å². The Labute approximate surface area is 119 Å². The molecule has 0 atom stereocenters. The van der Waals surface area contributed by atoms with Gasteiger partial charge in [0.15, 0.2) is 0 Å². The SMILES string of the molecule is CC(C)(CC(=O)O)c1ccc(C2CCSCC2)cc1. The molecule has 1 fully saturated rings. The number of hydrogen-bond donors (Lipinski definition) is 1. The molecule has 19 heavy (non-hydrogen) atoms. The van der Waals surface area contributed by atoms with Crippen molar-refractivity contribution >= 4 is 17.7 Å². The van der Waals surface area contributed by atoms with E-state index in [1.807, 2.05) is 25.6 Å². The summed E-state index contributed by atoms with van der Waals surface area (Å²) in [5, 5.41) is 8.97. The van der Waals surface area contributed by atoms with Crippen molar-refractivity contribution in [1.29, 1.82) is 0 Å². The summed E-state index contributed by atoms with van der Waals surface area (Å²) in [7, 11) is 0. The van der Waals surface area contributed by atoms with Crippen molar-refractivity contribution in [2.24, 2.45) is 0 Å². The predicted octanol–water partition coefficient (Wildman–Crippen LogP) is 4.05. The largest absolute Gasteiger partial charge is 0.481 e. The lowest BCUT2D eigenvalue weighted by Gasteiger charge is -2.25. The van der Waals surface area contributed by atoms with Gasteiger partial charge < -0.3 is 5.11 Å². The number of aliphatic carboxylic acids is 1. The summed E-state index contributed by atoms with van der Waals surface area (Å²) >= 11 is 2.04. The molecule has 1 aliphatic rings. The minimum Gasteiger partial charge on any atom is -0.481 e. The highest BCUT2D eigenvalue weighted by Crippen LogP contribution is 2.33. The van der Waals surface area contributed by atoms with Crippen molar-refractivity contribution in [3.8, 4) is 0 Å². The van der Waals surface area contributed by atoms with Crippen LogP contribution in [-0.4, -0.2) is 22.6 Å². The van der Waals surface area contributed by atoms with Gasteiger partial charge in [-0.25, -0.2) is 0 Å². The molecule has 0 radical (unpaired) electrons. The van der Waals surface area contributed by atoms with Gasteiger partial charge in [0.1, 0.15) is 0 Å². The van der Waals surface area contributed by atoms with Crippen molar-refractivity contribution < 1.29 is 9.90 Å². The topological polar surface area (TPSA) is 37.3 Å². The standard InChI is InChI=1S/C16H22O2S/c1-16(2,11-15(17)18)14-5-3-12(4-6-14)13-7-9-19-10-8-13/h3-6,13H,7-11H2,1-2H3,(H,17,18). The second kappa shape index (κ2) is 6.00. The fourth-order valence-electron chi connectivity index (χ4n) is 2.72. The molecule has 1 aromatic carbocycles. The molecule has 0 aromatic heterocycles. The highest BCUT2D eigenvalue weighted by atomic mass is 32.2. The van der Waals surface area contributed by atoms with E-state index in [1.165, 1.54) is 29.9 Å². The second-order valence-corrected chi connectivity index (χ2v) is 7.19. The molecule has 1 N–H and O–H groups in total. The molecule has 0 saturated carbocycles. The maximum atomic E-state index is 10.9. The maximum absolute atomic E-state index is 10.9. The molecule has 0 spiro atoms. The van der Waals surface area contributed by atoms with Gasteiger partial charge in [-0.15, -0.1) is 0 Å². The summed E-state index contributed by atoms with van der Waals surface area (Å²) in [6.45, 7) is 3.99. The third-order valence-corrected chi connectivity index (χ3v) is 5.03. The fraction of sp³-hybridized carbons (Fsp3) is 0.562. The summed E-state index contributed by atoms with van der Waals surface area (Å²) in [6.07, 6.45) is 2.71. The molecule has 104 valence electrons. The highest BCUT2D eigenvalue weighted by Gasteiger charge is 2.24. The first kappa shape index (κ1) is 14.4. The normalized spacial score (nSPS) is 17.4. The molecular formula is C16H22O2S. The molecular weight excluding hydrogens is 256 g/mol. The zero-order chi connectivity index (χ0) is 13.9. The number of benzene rings is 1. The van der Waals surface area contributed by atoms with E-state index < -0.39 is 5.97 Å². The van der Waals surface area contributed by atoms with Crippen LogP contribution >= 0.6 is 11.8 Å². The predicted molar refractivity (Wildman–Crippen MR) is 81.0 cm³/mol. The molecule has 2 nitrogen and oxygen atoms in total. The zero-order valence-corrected chi connectivity index (χ0v) is 12.5. The van der Waals surface area contributed by atoms with Gasteiger partial charge in [-0.2, -0.15) is 11.8 Å². The molecule has 1 aromatic rings. The first-order valence-electron chi connectivity index (χ1n) is 6.89. The Bertz CT molecular complexity index is 431. The summed E-state index contributed by atoms with van der Waals surface area (Å²) < 4.78 is 0. The van der Waals surface area contributed by atoms with Crippen LogP contribution in [0.3, 0.4) is 0 Å². The van der Waals surface area contributed by atoms with Gasteiger partial charge in [0.2, 0.25) is 0 Å². The van der Waals surface area contributed by atoms with Crippen LogP contribution in [-0.2, 0) is 10.2 Å². The Balaban J connectivity index is 2.11. The van der Waals surface area contributed by atoms with Gasteiger partial charge in [0.05, 0.1) is 6.42 Å². The Morgan fingerprint density at radius 1 is 1.26 bits per heavy atom. The van der Waals surface area contributed by atoms with Crippen molar-refractivity contribution in [1.82, 2.24) is 0 Å². The van der Waals surface area contributed by atoms with Gasteiger partial charge in [-0.1, -0.05) is 38.1 Å². The van der Waals surface area contributed by atoms with Crippen LogP contribution in [0.5, 0.6) is 0 Å². The molecule has 0 unspecified atom stereocenters. The van der Waals surface area contributed by atoms with Crippen molar-refractivity contribution in [2.45, 2.75) is 44.4 Å². The first-order valence-corrected chi connectivity index (χ1v) is 8.04. The Hall–Kier alpha value is -0.960. The third-order valence-electron chi connectivity index (χ3n) is 3.98. The zero-order valence-electron chi connectivity index (χ0n) is 11.7. The number of carboxylic acid groups (broad SMARTS) is 1. The summed E-state index contributed by atoms with van der Waals surface area (Å²) in [5.41, 5.74) is 2.23. The lowest BCUT2D eigenvalue weighted by Crippen LogP contribution is -2.21. The van der Waals surface area contributed by atoms with Gasteiger partial charge in [0, 0.05) is 5.41 Å². The van der Waals surface area contributed by atoms with Crippen LogP contribution in [0.25, 0.3) is 0 Å². The van der Waals surface area contributed by atoms with E-state index in [0.717, 1.165) is 5.56 Å². The van der Waals surface area contributed by atoms with Gasteiger partial charge in [-0.3, -0.25) is 4.79 Å². The molecule has 1 saturated heterocycles.